The summed E-state index contributed by atoms with van der Waals surface area (Å²) in [5.74, 6) is 0.318. The van der Waals surface area contributed by atoms with Crippen LogP contribution in [0.3, 0.4) is 0 Å². The Morgan fingerprint density at radius 2 is 1.83 bits per heavy atom. The number of rotatable bonds is 0. The van der Waals surface area contributed by atoms with E-state index in [2.05, 4.69) is 52.8 Å². The monoisotopic (exact) mass is 244 g/mol. The summed E-state index contributed by atoms with van der Waals surface area (Å²) in [7, 11) is 0. The molecule has 1 aromatic carbocycles. The molecule has 98 valence electrons. The van der Waals surface area contributed by atoms with Crippen LogP contribution < -0.4 is 0 Å². The van der Waals surface area contributed by atoms with Gasteiger partial charge in [-0.05, 0) is 40.9 Å². The summed E-state index contributed by atoms with van der Waals surface area (Å²) in [6.45, 7) is 11.0. The van der Waals surface area contributed by atoms with Gasteiger partial charge in [-0.25, -0.2) is 0 Å². The molecule has 0 N–H and O–H groups in total. The predicted molar refractivity (Wildman–Crippen MR) is 76.2 cm³/mol. The lowest BCUT2D eigenvalue weighted by Gasteiger charge is -2.20. The van der Waals surface area contributed by atoms with E-state index in [1.54, 1.807) is 0 Å². The zero-order chi connectivity index (χ0) is 13.6. The third-order valence-corrected chi connectivity index (χ3v) is 3.99. The van der Waals surface area contributed by atoms with Gasteiger partial charge >= 0.3 is 0 Å². The van der Waals surface area contributed by atoms with Crippen molar-refractivity contribution in [3.8, 4) is 0 Å². The van der Waals surface area contributed by atoms with Gasteiger partial charge < -0.3 is 0 Å². The van der Waals surface area contributed by atoms with Gasteiger partial charge in [-0.15, -0.1) is 0 Å². The van der Waals surface area contributed by atoms with Gasteiger partial charge in [-0.2, -0.15) is 0 Å². The summed E-state index contributed by atoms with van der Waals surface area (Å²) in [5, 5.41) is 0. The number of fused-ring (bicyclic) bond motifs is 1. The summed E-state index contributed by atoms with van der Waals surface area (Å²) < 4.78 is 0. The Morgan fingerprint density at radius 3 is 2.44 bits per heavy atom. The first-order chi connectivity index (χ1) is 8.19. The van der Waals surface area contributed by atoms with Gasteiger partial charge in [0.2, 0.25) is 0 Å². The van der Waals surface area contributed by atoms with E-state index in [4.69, 9.17) is 0 Å². The smallest absolute Gasteiger partial charge is 0.163 e. The lowest BCUT2D eigenvalue weighted by atomic mass is 9.83. The van der Waals surface area contributed by atoms with Crippen LogP contribution in [0.5, 0.6) is 0 Å². The molecule has 0 amide bonds. The van der Waals surface area contributed by atoms with Crippen LogP contribution in [-0.4, -0.2) is 5.78 Å². The van der Waals surface area contributed by atoms with Crippen molar-refractivity contribution in [2.75, 3.05) is 0 Å². The topological polar surface area (TPSA) is 17.1 Å². The number of hydrogen-bond donors (Lipinski definition) is 0. The van der Waals surface area contributed by atoms with Crippen molar-refractivity contribution in [2.24, 2.45) is 5.41 Å². The van der Waals surface area contributed by atoms with E-state index in [0.29, 0.717) is 12.2 Å². The Kier molecular flexibility index (Phi) is 3.12. The van der Waals surface area contributed by atoms with Crippen LogP contribution >= 0.6 is 0 Å². The molecule has 1 heteroatoms. The van der Waals surface area contributed by atoms with Gasteiger partial charge in [0.25, 0.3) is 0 Å². The molecular formula is C17H24O. The van der Waals surface area contributed by atoms with E-state index < -0.39 is 0 Å². The van der Waals surface area contributed by atoms with Gasteiger partial charge in [0.1, 0.15) is 0 Å². The molecule has 0 bridgehead atoms. The first-order valence-corrected chi connectivity index (χ1v) is 6.86. The second kappa shape index (κ2) is 4.22. The van der Waals surface area contributed by atoms with Crippen molar-refractivity contribution >= 4 is 5.78 Å². The number of aryl methyl sites for hydroxylation is 1. The van der Waals surface area contributed by atoms with Gasteiger partial charge in [-0.1, -0.05) is 46.8 Å². The summed E-state index contributed by atoms with van der Waals surface area (Å²) in [4.78, 5) is 12.4. The first kappa shape index (κ1) is 13.3. The van der Waals surface area contributed by atoms with Crippen LogP contribution in [0, 0.1) is 5.41 Å². The van der Waals surface area contributed by atoms with Crippen molar-refractivity contribution in [2.45, 2.75) is 59.3 Å². The first-order valence-electron chi connectivity index (χ1n) is 6.86. The van der Waals surface area contributed by atoms with E-state index in [1.165, 1.54) is 11.1 Å². The third-order valence-electron chi connectivity index (χ3n) is 3.99. The highest BCUT2D eigenvalue weighted by Crippen LogP contribution is 2.35. The lowest BCUT2D eigenvalue weighted by molar-refractivity contribution is 0.0934. The summed E-state index contributed by atoms with van der Waals surface area (Å²) >= 11 is 0. The lowest BCUT2D eigenvalue weighted by Crippen LogP contribution is -2.15. The van der Waals surface area contributed by atoms with E-state index >= 15 is 0 Å². The Labute approximate surface area is 111 Å². The van der Waals surface area contributed by atoms with Gasteiger partial charge in [-0.3, -0.25) is 4.79 Å². The molecule has 1 aliphatic rings. The summed E-state index contributed by atoms with van der Waals surface area (Å²) in [5.41, 5.74) is 3.70. The second-order valence-electron chi connectivity index (χ2n) is 7.39. The average Bonchev–Trinajstić information content (AvgIpc) is 2.34. The normalized spacial score (nSPS) is 19.3. The molecule has 0 aromatic heterocycles. The predicted octanol–water partition coefficient (Wildman–Crippen LogP) is 4.53. The molecule has 0 heterocycles. The molecule has 1 aliphatic carbocycles. The Hall–Kier alpha value is -1.11. The molecule has 0 atom stereocenters. The molecule has 18 heavy (non-hydrogen) atoms. The SMILES string of the molecule is CC1(C)CCc2ccc(C(C)(C)C)cc2C(=O)C1. The maximum absolute atomic E-state index is 12.4. The van der Waals surface area contributed by atoms with Gasteiger partial charge in [0, 0.05) is 12.0 Å². The number of carbonyl (C=O) groups is 1. The fourth-order valence-corrected chi connectivity index (χ4v) is 2.61. The Balaban J connectivity index is 2.45. The maximum atomic E-state index is 12.4. The molecule has 1 nitrogen and oxygen atoms in total. The standard InChI is InChI=1S/C17H24O/c1-16(2,3)13-7-6-12-8-9-17(4,5)11-15(18)14(12)10-13/h6-7,10H,8-9,11H2,1-5H3. The van der Waals surface area contributed by atoms with Crippen LogP contribution in [0.1, 0.15) is 68.9 Å². The third kappa shape index (κ3) is 2.66. The van der Waals surface area contributed by atoms with Crippen molar-refractivity contribution in [1.29, 1.82) is 0 Å². The molecule has 0 spiro atoms. The number of Topliss-reactive ketones (excluding diaryl/α,β-unsaturated/α-hetero) is 1. The zero-order valence-corrected chi connectivity index (χ0v) is 12.3. The molecule has 0 unspecified atom stereocenters. The highest BCUT2D eigenvalue weighted by atomic mass is 16.1. The number of carbonyl (C=O) groups excluding carboxylic acids is 1. The average molecular weight is 244 g/mol. The maximum Gasteiger partial charge on any atom is 0.163 e. The van der Waals surface area contributed by atoms with Crippen LogP contribution in [0.25, 0.3) is 0 Å². The van der Waals surface area contributed by atoms with Crippen LogP contribution in [0.15, 0.2) is 18.2 Å². The molecule has 0 saturated carbocycles. The Bertz CT molecular complexity index is 475. The van der Waals surface area contributed by atoms with Crippen molar-refractivity contribution in [1.82, 2.24) is 0 Å². The van der Waals surface area contributed by atoms with Crippen LogP contribution in [-0.2, 0) is 11.8 Å². The number of ketones is 1. The Morgan fingerprint density at radius 1 is 1.17 bits per heavy atom. The van der Waals surface area contributed by atoms with Crippen LogP contribution in [0.4, 0.5) is 0 Å². The summed E-state index contributed by atoms with van der Waals surface area (Å²) in [6, 6.07) is 6.47. The van der Waals surface area contributed by atoms with Gasteiger partial charge in [0.05, 0.1) is 0 Å². The molecule has 0 aliphatic heterocycles. The van der Waals surface area contributed by atoms with Crippen molar-refractivity contribution < 1.29 is 4.79 Å². The minimum atomic E-state index is 0.108. The second-order valence-corrected chi connectivity index (χ2v) is 7.39. The summed E-state index contributed by atoms with van der Waals surface area (Å²) in [6.07, 6.45) is 2.80. The van der Waals surface area contributed by atoms with Crippen LogP contribution in [0.2, 0.25) is 0 Å². The van der Waals surface area contributed by atoms with Crippen molar-refractivity contribution in [3.63, 3.8) is 0 Å². The van der Waals surface area contributed by atoms with Crippen molar-refractivity contribution in [3.05, 3.63) is 34.9 Å². The molecule has 0 fully saturated rings. The largest absolute Gasteiger partial charge is 0.294 e. The van der Waals surface area contributed by atoms with E-state index in [0.717, 1.165) is 18.4 Å². The highest BCUT2D eigenvalue weighted by molar-refractivity contribution is 5.98. The van der Waals surface area contributed by atoms with E-state index in [-0.39, 0.29) is 10.8 Å². The fourth-order valence-electron chi connectivity index (χ4n) is 2.61. The quantitative estimate of drug-likeness (QED) is 0.613. The molecule has 0 radical (unpaired) electrons. The highest BCUT2D eigenvalue weighted by Gasteiger charge is 2.28. The van der Waals surface area contributed by atoms with E-state index in [9.17, 15) is 4.79 Å². The molecule has 0 saturated heterocycles. The zero-order valence-electron chi connectivity index (χ0n) is 12.3. The minimum Gasteiger partial charge on any atom is -0.294 e. The number of hydrogen-bond acceptors (Lipinski definition) is 1. The van der Waals surface area contributed by atoms with E-state index in [1.807, 2.05) is 0 Å². The molecule has 1 aromatic rings. The van der Waals surface area contributed by atoms with Gasteiger partial charge in [0.15, 0.2) is 5.78 Å². The fraction of sp³-hybridized carbons (Fsp3) is 0.588. The minimum absolute atomic E-state index is 0.108. The number of benzene rings is 1. The molecular weight excluding hydrogens is 220 g/mol. The molecule has 2 rings (SSSR count).